The summed E-state index contributed by atoms with van der Waals surface area (Å²) in [5.74, 6) is -3.21. The van der Waals surface area contributed by atoms with Gasteiger partial charge in [-0.1, -0.05) is 60.7 Å². The van der Waals surface area contributed by atoms with Gasteiger partial charge < -0.3 is 14.2 Å². The van der Waals surface area contributed by atoms with E-state index in [0.29, 0.717) is 5.56 Å². The maximum Gasteiger partial charge on any atom is 0.516 e. The highest BCUT2D eigenvalue weighted by Gasteiger charge is 2.33. The van der Waals surface area contributed by atoms with Crippen molar-refractivity contribution in [2.75, 3.05) is 6.61 Å². The minimum atomic E-state index is -1.37. The normalized spacial score (nSPS) is 11.2. The van der Waals surface area contributed by atoms with E-state index in [9.17, 15) is 14.4 Å². The lowest BCUT2D eigenvalue weighted by molar-refractivity contribution is -0.156. The molecule has 0 aliphatic carbocycles. The second-order valence-corrected chi connectivity index (χ2v) is 5.04. The van der Waals surface area contributed by atoms with E-state index in [1.54, 1.807) is 49.4 Å². The van der Waals surface area contributed by atoms with Crippen molar-refractivity contribution in [1.29, 1.82) is 0 Å². The molecule has 0 saturated heterocycles. The molecule has 2 aromatic rings. The molecule has 130 valence electrons. The number of carbonyl (C=O) groups is 3. The number of hydrogen-bond donors (Lipinski definition) is 0. The zero-order valence-electron chi connectivity index (χ0n) is 13.7. The van der Waals surface area contributed by atoms with Crippen LogP contribution in [-0.4, -0.2) is 24.7 Å². The van der Waals surface area contributed by atoms with Gasteiger partial charge in [-0.2, -0.15) is 0 Å². The Hall–Kier alpha value is -3.15. The van der Waals surface area contributed by atoms with Crippen LogP contribution in [0.15, 0.2) is 60.7 Å². The van der Waals surface area contributed by atoms with E-state index in [1.165, 1.54) is 0 Å². The number of carbonyl (C=O) groups excluding carboxylic acids is 3. The second kappa shape index (κ2) is 9.22. The summed E-state index contributed by atoms with van der Waals surface area (Å²) in [4.78, 5) is 36.1. The summed E-state index contributed by atoms with van der Waals surface area (Å²) in [5, 5.41) is 0. The molecule has 2 aromatic carbocycles. The van der Waals surface area contributed by atoms with Crippen molar-refractivity contribution in [3.63, 3.8) is 0 Å². The molecule has 0 N–H and O–H groups in total. The standard InChI is InChI=1S/C19H18O6/c1-2-23-19(22)25-18(21)16(15-11-7-4-8-12-15)17(20)24-13-14-9-5-3-6-10-14/h3-12,16H,2,13H2,1H3. The lowest BCUT2D eigenvalue weighted by Crippen LogP contribution is -2.28. The molecule has 0 spiro atoms. The Morgan fingerprint density at radius 3 is 2.04 bits per heavy atom. The zero-order valence-corrected chi connectivity index (χ0v) is 13.7. The number of hydrogen-bond acceptors (Lipinski definition) is 6. The Bertz CT molecular complexity index is 711. The minimum Gasteiger partial charge on any atom is -0.460 e. The van der Waals surface area contributed by atoms with Crippen LogP contribution in [0, 0.1) is 0 Å². The number of esters is 2. The Kier molecular flexibility index (Phi) is 6.71. The molecule has 6 nitrogen and oxygen atoms in total. The first-order valence-corrected chi connectivity index (χ1v) is 7.75. The molecule has 0 saturated carbocycles. The van der Waals surface area contributed by atoms with Gasteiger partial charge in [0.25, 0.3) is 0 Å². The SMILES string of the molecule is CCOC(=O)OC(=O)C(C(=O)OCc1ccccc1)c1ccccc1. The van der Waals surface area contributed by atoms with Gasteiger partial charge in [-0.25, -0.2) is 4.79 Å². The molecular weight excluding hydrogens is 324 g/mol. The van der Waals surface area contributed by atoms with Crippen molar-refractivity contribution >= 4 is 18.1 Å². The van der Waals surface area contributed by atoms with E-state index in [1.807, 2.05) is 18.2 Å². The van der Waals surface area contributed by atoms with E-state index >= 15 is 0 Å². The predicted octanol–water partition coefficient (Wildman–Crippen LogP) is 3.21. The lowest BCUT2D eigenvalue weighted by atomic mass is 9.99. The fraction of sp³-hybridized carbons (Fsp3) is 0.211. The van der Waals surface area contributed by atoms with Crippen LogP contribution in [0.1, 0.15) is 24.0 Å². The van der Waals surface area contributed by atoms with Crippen LogP contribution in [0.3, 0.4) is 0 Å². The van der Waals surface area contributed by atoms with E-state index < -0.39 is 24.0 Å². The molecule has 2 rings (SSSR count). The summed E-state index contributed by atoms with van der Waals surface area (Å²) in [6, 6.07) is 17.3. The van der Waals surface area contributed by atoms with Crippen molar-refractivity contribution in [2.45, 2.75) is 19.4 Å². The van der Waals surface area contributed by atoms with Gasteiger partial charge in [-0.3, -0.25) is 9.59 Å². The molecule has 1 atom stereocenters. The molecule has 25 heavy (non-hydrogen) atoms. The van der Waals surface area contributed by atoms with Crippen molar-refractivity contribution < 1.29 is 28.6 Å². The third-order valence-electron chi connectivity index (χ3n) is 3.27. The van der Waals surface area contributed by atoms with Gasteiger partial charge in [0.1, 0.15) is 6.61 Å². The topological polar surface area (TPSA) is 78.9 Å². The Morgan fingerprint density at radius 2 is 1.44 bits per heavy atom. The smallest absolute Gasteiger partial charge is 0.460 e. The van der Waals surface area contributed by atoms with Crippen LogP contribution in [0.4, 0.5) is 4.79 Å². The average Bonchev–Trinajstić information content (AvgIpc) is 2.62. The Balaban J connectivity index is 2.12. The fourth-order valence-electron chi connectivity index (χ4n) is 2.11. The molecule has 0 aromatic heterocycles. The van der Waals surface area contributed by atoms with Crippen LogP contribution >= 0.6 is 0 Å². The van der Waals surface area contributed by atoms with Crippen molar-refractivity contribution in [1.82, 2.24) is 0 Å². The molecule has 0 fully saturated rings. The highest BCUT2D eigenvalue weighted by Crippen LogP contribution is 2.20. The van der Waals surface area contributed by atoms with Crippen molar-refractivity contribution in [2.24, 2.45) is 0 Å². The molecule has 0 amide bonds. The van der Waals surface area contributed by atoms with Crippen LogP contribution < -0.4 is 0 Å². The summed E-state index contributed by atoms with van der Waals surface area (Å²) in [5.41, 5.74) is 1.15. The fourth-order valence-corrected chi connectivity index (χ4v) is 2.11. The van der Waals surface area contributed by atoms with Crippen LogP contribution in [0.25, 0.3) is 0 Å². The highest BCUT2D eigenvalue weighted by atomic mass is 16.7. The molecule has 0 aliphatic heterocycles. The Labute approximate surface area is 145 Å². The Morgan fingerprint density at radius 1 is 0.840 bits per heavy atom. The first-order chi connectivity index (χ1) is 12.1. The monoisotopic (exact) mass is 342 g/mol. The van der Waals surface area contributed by atoms with Crippen LogP contribution in [0.5, 0.6) is 0 Å². The van der Waals surface area contributed by atoms with E-state index in [0.717, 1.165) is 5.56 Å². The van der Waals surface area contributed by atoms with Gasteiger partial charge in [-0.05, 0) is 18.1 Å². The molecular formula is C19H18O6. The number of benzene rings is 2. The van der Waals surface area contributed by atoms with Crippen LogP contribution in [0.2, 0.25) is 0 Å². The minimum absolute atomic E-state index is 0.00962. The summed E-state index contributed by atoms with van der Waals surface area (Å²) < 4.78 is 14.4. The first kappa shape index (κ1) is 18.2. The summed E-state index contributed by atoms with van der Waals surface area (Å²) >= 11 is 0. The summed E-state index contributed by atoms with van der Waals surface area (Å²) in [6.07, 6.45) is -1.15. The van der Waals surface area contributed by atoms with E-state index in [-0.39, 0.29) is 13.2 Å². The van der Waals surface area contributed by atoms with Gasteiger partial charge in [0.05, 0.1) is 6.61 Å². The summed E-state index contributed by atoms with van der Waals surface area (Å²) in [6.45, 7) is 1.64. The quantitative estimate of drug-likeness (QED) is 0.592. The molecule has 0 bridgehead atoms. The van der Waals surface area contributed by atoms with Gasteiger partial charge in [0.2, 0.25) is 0 Å². The van der Waals surface area contributed by atoms with Gasteiger partial charge >= 0.3 is 18.1 Å². The molecule has 6 heteroatoms. The predicted molar refractivity (Wildman–Crippen MR) is 88.5 cm³/mol. The first-order valence-electron chi connectivity index (χ1n) is 7.75. The molecule has 0 aliphatic rings. The van der Waals surface area contributed by atoms with Gasteiger partial charge in [-0.15, -0.1) is 0 Å². The maximum absolute atomic E-state index is 12.4. The third kappa shape index (κ3) is 5.46. The number of rotatable bonds is 6. The van der Waals surface area contributed by atoms with E-state index in [4.69, 9.17) is 4.74 Å². The van der Waals surface area contributed by atoms with Crippen molar-refractivity contribution in [3.05, 3.63) is 71.8 Å². The maximum atomic E-state index is 12.4. The second-order valence-electron chi connectivity index (χ2n) is 5.04. The molecule has 0 heterocycles. The lowest BCUT2D eigenvalue weighted by Gasteiger charge is -2.15. The highest BCUT2D eigenvalue weighted by molar-refractivity contribution is 6.03. The van der Waals surface area contributed by atoms with Crippen molar-refractivity contribution in [3.8, 4) is 0 Å². The number of ether oxygens (including phenoxy) is 3. The van der Waals surface area contributed by atoms with Crippen LogP contribution in [-0.2, 0) is 30.4 Å². The average molecular weight is 342 g/mol. The van der Waals surface area contributed by atoms with Gasteiger partial charge in [0.15, 0.2) is 5.92 Å². The summed E-state index contributed by atoms with van der Waals surface area (Å²) in [7, 11) is 0. The molecule has 0 radical (unpaired) electrons. The zero-order chi connectivity index (χ0) is 18.1. The van der Waals surface area contributed by atoms with E-state index in [2.05, 4.69) is 9.47 Å². The van der Waals surface area contributed by atoms with Gasteiger partial charge in [0, 0.05) is 0 Å². The largest absolute Gasteiger partial charge is 0.516 e. The third-order valence-corrected chi connectivity index (χ3v) is 3.27. The molecule has 1 unspecified atom stereocenters.